The summed E-state index contributed by atoms with van der Waals surface area (Å²) in [5.74, 6) is -2.39. The van der Waals surface area contributed by atoms with Crippen LogP contribution in [0.4, 0.5) is 14.5 Å². The Hall–Kier alpha value is -3.06. The van der Waals surface area contributed by atoms with Gasteiger partial charge in [-0.15, -0.1) is 0 Å². The summed E-state index contributed by atoms with van der Waals surface area (Å²) in [6.45, 7) is 0.0601. The minimum atomic E-state index is -1.58. The normalized spacial score (nSPS) is 18.6. The summed E-state index contributed by atoms with van der Waals surface area (Å²) < 4.78 is 38.8. The molecule has 1 atom stereocenters. The van der Waals surface area contributed by atoms with Gasteiger partial charge in [0.2, 0.25) is 0 Å². The van der Waals surface area contributed by atoms with Crippen molar-refractivity contribution >= 4 is 22.4 Å². The van der Waals surface area contributed by atoms with E-state index in [0.29, 0.717) is 5.69 Å². The Morgan fingerprint density at radius 2 is 2.07 bits per heavy atom. The number of aromatic nitrogens is 1. The van der Waals surface area contributed by atoms with Crippen LogP contribution in [-0.2, 0) is 15.1 Å². The summed E-state index contributed by atoms with van der Waals surface area (Å²) in [5, 5.41) is 4.45. The molecule has 0 aliphatic carbocycles. The first-order valence-corrected chi connectivity index (χ1v) is 8.37. The lowest BCUT2D eigenvalue weighted by atomic mass is 9.86. The van der Waals surface area contributed by atoms with Crippen LogP contribution in [0.25, 0.3) is 10.8 Å². The van der Waals surface area contributed by atoms with Gasteiger partial charge in [0.25, 0.3) is 5.91 Å². The number of hydrogen-bond acceptors (Lipinski definition) is 4. The molecule has 2 heterocycles. The van der Waals surface area contributed by atoms with Gasteiger partial charge in [0.15, 0.2) is 17.2 Å². The van der Waals surface area contributed by atoms with Crippen LogP contribution in [-0.4, -0.2) is 24.6 Å². The van der Waals surface area contributed by atoms with Crippen molar-refractivity contribution in [1.29, 1.82) is 0 Å². The van der Waals surface area contributed by atoms with Crippen molar-refractivity contribution in [2.24, 2.45) is 0 Å². The summed E-state index contributed by atoms with van der Waals surface area (Å²) in [5.41, 5.74) is -1.06. The first-order chi connectivity index (χ1) is 13.0. The molecule has 0 unspecified atom stereocenters. The first kappa shape index (κ1) is 17.4. The van der Waals surface area contributed by atoms with E-state index in [4.69, 9.17) is 9.47 Å². The highest BCUT2D eigenvalue weighted by Gasteiger charge is 2.46. The maximum Gasteiger partial charge on any atom is 0.261 e. The number of nitrogens with zero attached hydrogens (tertiary/aromatic N) is 1. The fourth-order valence-corrected chi connectivity index (χ4v) is 3.42. The van der Waals surface area contributed by atoms with Crippen LogP contribution in [0.3, 0.4) is 0 Å². The van der Waals surface area contributed by atoms with Crippen LogP contribution in [0.15, 0.2) is 48.8 Å². The van der Waals surface area contributed by atoms with Crippen LogP contribution in [0.2, 0.25) is 0 Å². The standard InChI is InChI=1S/C20H16F2N2O3/c1-26-20(6-7-27-18-15(20)8-13(21)9-16(18)22)19(25)24-17-11-23-10-12-4-2-3-5-14(12)17/h2-5,8-11H,6-7H2,1H3,(H,24,25)/t20-/m0/s1. The number of carbonyl (C=O) groups is 1. The Morgan fingerprint density at radius 3 is 2.89 bits per heavy atom. The van der Waals surface area contributed by atoms with Crippen LogP contribution in [0, 0.1) is 11.6 Å². The van der Waals surface area contributed by atoms with Gasteiger partial charge in [0.05, 0.1) is 18.5 Å². The lowest BCUT2D eigenvalue weighted by Gasteiger charge is -2.36. The molecule has 4 rings (SSSR count). The van der Waals surface area contributed by atoms with Gasteiger partial charge < -0.3 is 14.8 Å². The van der Waals surface area contributed by atoms with Crippen LogP contribution in [0.5, 0.6) is 5.75 Å². The predicted octanol–water partition coefficient (Wildman–Crippen LogP) is 3.78. The number of pyridine rings is 1. The fourth-order valence-electron chi connectivity index (χ4n) is 3.42. The SMILES string of the molecule is CO[C@@]1(C(=O)Nc2cncc3ccccc23)CCOc2c(F)cc(F)cc21. The van der Waals surface area contributed by atoms with Gasteiger partial charge in [0.1, 0.15) is 5.82 Å². The molecule has 1 amide bonds. The van der Waals surface area contributed by atoms with Crippen LogP contribution in [0.1, 0.15) is 12.0 Å². The van der Waals surface area contributed by atoms with Gasteiger partial charge in [-0.2, -0.15) is 0 Å². The lowest BCUT2D eigenvalue weighted by Crippen LogP contribution is -2.46. The second-order valence-corrected chi connectivity index (χ2v) is 6.26. The van der Waals surface area contributed by atoms with E-state index < -0.39 is 23.1 Å². The molecule has 1 aliphatic heterocycles. The number of nitrogens with one attached hydrogen (secondary N) is 1. The second-order valence-electron chi connectivity index (χ2n) is 6.26. The molecule has 0 bridgehead atoms. The molecular weight excluding hydrogens is 354 g/mol. The van der Waals surface area contributed by atoms with E-state index in [0.717, 1.165) is 22.9 Å². The Morgan fingerprint density at radius 1 is 1.26 bits per heavy atom. The minimum Gasteiger partial charge on any atom is -0.490 e. The molecule has 1 aromatic heterocycles. The zero-order chi connectivity index (χ0) is 19.0. The Labute approximate surface area is 153 Å². The number of amides is 1. The van der Waals surface area contributed by atoms with E-state index in [1.807, 2.05) is 24.3 Å². The Kier molecular flexibility index (Phi) is 4.24. The van der Waals surface area contributed by atoms with E-state index in [1.54, 1.807) is 6.20 Å². The predicted molar refractivity (Wildman–Crippen MR) is 95.5 cm³/mol. The van der Waals surface area contributed by atoms with E-state index in [9.17, 15) is 13.6 Å². The van der Waals surface area contributed by atoms with Gasteiger partial charge in [-0.25, -0.2) is 8.78 Å². The number of halogens is 2. The van der Waals surface area contributed by atoms with Gasteiger partial charge in [0, 0.05) is 42.1 Å². The first-order valence-electron chi connectivity index (χ1n) is 8.37. The Balaban J connectivity index is 1.79. The topological polar surface area (TPSA) is 60.5 Å². The third-order valence-corrected chi connectivity index (χ3v) is 4.78. The Bertz CT molecular complexity index is 1040. The number of fused-ring (bicyclic) bond motifs is 2. The molecule has 2 aromatic carbocycles. The second kappa shape index (κ2) is 6.59. The zero-order valence-electron chi connectivity index (χ0n) is 14.5. The molecule has 138 valence electrons. The number of anilines is 1. The van der Waals surface area contributed by atoms with Gasteiger partial charge >= 0.3 is 0 Å². The molecule has 1 aliphatic rings. The summed E-state index contributed by atoms with van der Waals surface area (Å²) >= 11 is 0. The average Bonchev–Trinajstić information content (AvgIpc) is 2.68. The third-order valence-electron chi connectivity index (χ3n) is 4.78. The van der Waals surface area contributed by atoms with Crippen molar-refractivity contribution in [3.8, 4) is 5.75 Å². The fraction of sp³-hybridized carbons (Fsp3) is 0.200. The van der Waals surface area contributed by atoms with E-state index in [1.165, 1.54) is 13.3 Å². The van der Waals surface area contributed by atoms with Gasteiger partial charge in [-0.05, 0) is 6.07 Å². The number of hydrogen-bond donors (Lipinski definition) is 1. The maximum atomic E-state index is 14.1. The van der Waals surface area contributed by atoms with Gasteiger partial charge in [-0.3, -0.25) is 9.78 Å². The molecule has 0 fully saturated rings. The molecule has 0 spiro atoms. The zero-order valence-corrected chi connectivity index (χ0v) is 14.5. The lowest BCUT2D eigenvalue weighted by molar-refractivity contribution is -0.142. The molecule has 5 nitrogen and oxygen atoms in total. The van der Waals surface area contributed by atoms with Crippen molar-refractivity contribution in [2.75, 3.05) is 19.0 Å². The molecule has 1 N–H and O–H groups in total. The molecule has 0 saturated heterocycles. The van der Waals surface area contributed by atoms with Crippen LogP contribution < -0.4 is 10.1 Å². The molecule has 7 heteroatoms. The average molecular weight is 370 g/mol. The van der Waals surface area contributed by atoms with Crippen molar-refractivity contribution in [3.63, 3.8) is 0 Å². The number of methoxy groups -OCH3 is 1. The smallest absolute Gasteiger partial charge is 0.261 e. The van der Waals surface area contributed by atoms with Crippen LogP contribution >= 0.6 is 0 Å². The number of carbonyl (C=O) groups excluding carboxylic acids is 1. The summed E-state index contributed by atoms with van der Waals surface area (Å²) in [6.07, 6.45) is 3.32. The minimum absolute atomic E-state index is 0.0273. The summed E-state index contributed by atoms with van der Waals surface area (Å²) in [6, 6.07) is 9.23. The highest BCUT2D eigenvalue weighted by molar-refractivity contribution is 6.05. The van der Waals surface area contributed by atoms with Crippen molar-refractivity contribution < 1.29 is 23.0 Å². The molecular formula is C20H16F2N2O3. The van der Waals surface area contributed by atoms with Crippen molar-refractivity contribution in [2.45, 2.75) is 12.0 Å². The van der Waals surface area contributed by atoms with E-state index >= 15 is 0 Å². The summed E-state index contributed by atoms with van der Waals surface area (Å²) in [4.78, 5) is 17.3. The number of benzene rings is 2. The quantitative estimate of drug-likeness (QED) is 0.762. The monoisotopic (exact) mass is 370 g/mol. The van der Waals surface area contributed by atoms with Crippen molar-refractivity contribution in [3.05, 3.63) is 66.0 Å². The highest BCUT2D eigenvalue weighted by atomic mass is 19.1. The van der Waals surface area contributed by atoms with Crippen molar-refractivity contribution in [1.82, 2.24) is 4.98 Å². The van der Waals surface area contributed by atoms with E-state index in [2.05, 4.69) is 10.3 Å². The third kappa shape index (κ3) is 2.80. The molecule has 3 aromatic rings. The maximum absolute atomic E-state index is 14.1. The summed E-state index contributed by atoms with van der Waals surface area (Å²) in [7, 11) is 1.33. The molecule has 0 radical (unpaired) electrons. The molecule has 0 saturated carbocycles. The number of rotatable bonds is 3. The molecule has 27 heavy (non-hydrogen) atoms. The highest BCUT2D eigenvalue weighted by Crippen LogP contribution is 2.42. The number of ether oxygens (including phenoxy) is 2. The van der Waals surface area contributed by atoms with Gasteiger partial charge in [-0.1, -0.05) is 24.3 Å². The van der Waals surface area contributed by atoms with E-state index in [-0.39, 0.29) is 24.3 Å². The largest absolute Gasteiger partial charge is 0.490 e.